The highest BCUT2D eigenvalue weighted by Gasteiger charge is 2.25. The summed E-state index contributed by atoms with van der Waals surface area (Å²) in [7, 11) is 0. The van der Waals surface area contributed by atoms with Gasteiger partial charge in [0.25, 0.3) is 5.56 Å². The lowest BCUT2D eigenvalue weighted by atomic mass is 9.97. The fraction of sp³-hybridized carbons (Fsp3) is 0.524. The average Bonchev–Trinajstić information content (AvgIpc) is 2.77. The highest BCUT2D eigenvalue weighted by atomic mass is 16.5. The molecular formula is C21H27N5O3. The summed E-state index contributed by atoms with van der Waals surface area (Å²) >= 11 is 0. The van der Waals surface area contributed by atoms with Crippen molar-refractivity contribution in [2.45, 2.75) is 38.3 Å². The summed E-state index contributed by atoms with van der Waals surface area (Å²) in [4.78, 5) is 35.3. The summed E-state index contributed by atoms with van der Waals surface area (Å²) in [5, 5.41) is 3.12. The van der Waals surface area contributed by atoms with E-state index in [1.165, 1.54) is 0 Å². The van der Waals surface area contributed by atoms with E-state index in [4.69, 9.17) is 4.74 Å². The van der Waals surface area contributed by atoms with Crippen LogP contribution in [0.4, 0.5) is 4.79 Å². The number of rotatable bonds is 4. The Morgan fingerprint density at radius 1 is 1.14 bits per heavy atom. The number of nitrogens with one attached hydrogen (secondary N) is 1. The Hall–Kier alpha value is -2.74. The third-order valence-corrected chi connectivity index (χ3v) is 5.76. The van der Waals surface area contributed by atoms with Gasteiger partial charge in [-0.05, 0) is 43.7 Å². The van der Waals surface area contributed by atoms with Gasteiger partial charge in [0, 0.05) is 62.9 Å². The molecular weight excluding hydrogens is 370 g/mol. The zero-order chi connectivity index (χ0) is 20.1. The van der Waals surface area contributed by atoms with Crippen molar-refractivity contribution < 1.29 is 9.53 Å². The Bertz CT molecular complexity index is 871. The SMILES string of the molecule is O=C(NC1CCOCC1)N1CCC(Cn2cnc(-c3ccncc3)cc2=O)CC1. The Labute approximate surface area is 169 Å². The van der Waals surface area contributed by atoms with Gasteiger partial charge in [-0.25, -0.2) is 9.78 Å². The molecule has 0 spiro atoms. The molecule has 2 aliphatic rings. The van der Waals surface area contributed by atoms with Crippen LogP contribution < -0.4 is 10.9 Å². The lowest BCUT2D eigenvalue weighted by Gasteiger charge is -2.34. The van der Waals surface area contributed by atoms with Gasteiger partial charge in [0.05, 0.1) is 12.0 Å². The molecule has 0 saturated carbocycles. The van der Waals surface area contributed by atoms with Crippen molar-refractivity contribution >= 4 is 6.03 Å². The highest BCUT2D eigenvalue weighted by Crippen LogP contribution is 2.20. The molecule has 0 unspecified atom stereocenters. The maximum Gasteiger partial charge on any atom is 0.317 e. The van der Waals surface area contributed by atoms with Crippen LogP contribution in [0.1, 0.15) is 25.7 Å². The number of pyridine rings is 1. The molecule has 0 bridgehead atoms. The summed E-state index contributed by atoms with van der Waals surface area (Å²) in [6.45, 7) is 3.51. The molecule has 2 fully saturated rings. The Morgan fingerprint density at radius 3 is 2.55 bits per heavy atom. The van der Waals surface area contributed by atoms with Crippen molar-refractivity contribution in [2.24, 2.45) is 5.92 Å². The van der Waals surface area contributed by atoms with Gasteiger partial charge in [0.15, 0.2) is 0 Å². The van der Waals surface area contributed by atoms with Crippen LogP contribution in [0.15, 0.2) is 41.7 Å². The second kappa shape index (κ2) is 9.17. The zero-order valence-electron chi connectivity index (χ0n) is 16.5. The molecule has 0 atom stereocenters. The molecule has 0 radical (unpaired) electrons. The number of aromatic nitrogens is 3. The van der Waals surface area contributed by atoms with Gasteiger partial charge in [-0.2, -0.15) is 0 Å². The van der Waals surface area contributed by atoms with Crippen molar-refractivity contribution in [3.05, 3.63) is 47.3 Å². The first kappa shape index (κ1) is 19.6. The number of carbonyl (C=O) groups is 1. The van der Waals surface area contributed by atoms with E-state index in [9.17, 15) is 9.59 Å². The van der Waals surface area contributed by atoms with E-state index in [2.05, 4.69) is 15.3 Å². The van der Waals surface area contributed by atoms with Gasteiger partial charge in [-0.3, -0.25) is 14.3 Å². The van der Waals surface area contributed by atoms with E-state index in [1.807, 2.05) is 17.0 Å². The van der Waals surface area contributed by atoms with Crippen LogP contribution in [0, 0.1) is 5.92 Å². The molecule has 2 aliphatic heterocycles. The molecule has 0 aromatic carbocycles. The average molecular weight is 397 g/mol. The van der Waals surface area contributed by atoms with Gasteiger partial charge >= 0.3 is 6.03 Å². The van der Waals surface area contributed by atoms with Crippen molar-refractivity contribution in [1.82, 2.24) is 24.8 Å². The number of urea groups is 1. The molecule has 4 rings (SSSR count). The Balaban J connectivity index is 1.29. The van der Waals surface area contributed by atoms with Crippen molar-refractivity contribution in [1.29, 1.82) is 0 Å². The van der Waals surface area contributed by atoms with Gasteiger partial charge in [-0.1, -0.05) is 0 Å². The minimum atomic E-state index is -0.0495. The molecule has 1 N–H and O–H groups in total. The molecule has 2 amide bonds. The fourth-order valence-electron chi connectivity index (χ4n) is 3.95. The number of ether oxygens (including phenoxy) is 1. The first-order chi connectivity index (χ1) is 14.2. The first-order valence-electron chi connectivity index (χ1n) is 10.3. The standard InChI is InChI=1S/C21H27N5O3/c27-20-13-19(17-1-7-22-8-2-17)23-15-26(20)14-16-3-9-25(10-4-16)21(28)24-18-5-11-29-12-6-18/h1-2,7-8,13,15-16,18H,3-6,9-12,14H2,(H,24,28). The van der Waals surface area contributed by atoms with Crippen molar-refractivity contribution in [3.8, 4) is 11.3 Å². The maximum atomic E-state index is 12.5. The smallest absolute Gasteiger partial charge is 0.317 e. The number of carbonyl (C=O) groups excluding carboxylic acids is 1. The number of piperidine rings is 1. The third kappa shape index (κ3) is 5.00. The molecule has 8 heteroatoms. The fourth-order valence-corrected chi connectivity index (χ4v) is 3.95. The largest absolute Gasteiger partial charge is 0.381 e. The molecule has 29 heavy (non-hydrogen) atoms. The molecule has 154 valence electrons. The van der Waals surface area contributed by atoms with Gasteiger partial charge in [0.1, 0.15) is 0 Å². The van der Waals surface area contributed by atoms with Crippen LogP contribution in [0.2, 0.25) is 0 Å². The van der Waals surface area contributed by atoms with E-state index in [-0.39, 0.29) is 17.6 Å². The van der Waals surface area contributed by atoms with Gasteiger partial charge in [0.2, 0.25) is 0 Å². The van der Waals surface area contributed by atoms with Crippen LogP contribution in [0.5, 0.6) is 0 Å². The van der Waals surface area contributed by atoms with Gasteiger partial charge in [-0.15, -0.1) is 0 Å². The van der Waals surface area contributed by atoms with Crippen LogP contribution in [0.25, 0.3) is 11.3 Å². The summed E-state index contributed by atoms with van der Waals surface area (Å²) in [5.41, 5.74) is 1.49. The number of hydrogen-bond acceptors (Lipinski definition) is 5. The molecule has 2 aromatic heterocycles. The van der Waals surface area contributed by atoms with Crippen molar-refractivity contribution in [2.75, 3.05) is 26.3 Å². The topological polar surface area (TPSA) is 89.3 Å². The predicted molar refractivity (Wildman–Crippen MR) is 108 cm³/mol. The van der Waals surface area contributed by atoms with E-state index in [0.717, 1.165) is 57.6 Å². The number of likely N-dealkylation sites (tertiary alicyclic amines) is 1. The number of amides is 2. The normalized spacial score (nSPS) is 18.6. The first-order valence-corrected chi connectivity index (χ1v) is 10.3. The van der Waals surface area contributed by atoms with Crippen molar-refractivity contribution in [3.63, 3.8) is 0 Å². The van der Waals surface area contributed by atoms with E-state index >= 15 is 0 Å². The van der Waals surface area contributed by atoms with E-state index in [0.29, 0.717) is 18.2 Å². The highest BCUT2D eigenvalue weighted by molar-refractivity contribution is 5.74. The van der Waals surface area contributed by atoms with Crippen LogP contribution in [-0.2, 0) is 11.3 Å². The minimum Gasteiger partial charge on any atom is -0.381 e. The third-order valence-electron chi connectivity index (χ3n) is 5.76. The summed E-state index contributed by atoms with van der Waals surface area (Å²) in [6, 6.07) is 5.50. The molecule has 4 heterocycles. The van der Waals surface area contributed by atoms with Crippen LogP contribution in [-0.4, -0.2) is 57.8 Å². The number of nitrogens with zero attached hydrogens (tertiary/aromatic N) is 4. The number of hydrogen-bond donors (Lipinski definition) is 1. The molecule has 8 nitrogen and oxygen atoms in total. The lowest BCUT2D eigenvalue weighted by Crippen LogP contribution is -2.49. The second-order valence-electron chi connectivity index (χ2n) is 7.77. The quantitative estimate of drug-likeness (QED) is 0.851. The summed E-state index contributed by atoms with van der Waals surface area (Å²) < 4.78 is 7.01. The summed E-state index contributed by atoms with van der Waals surface area (Å²) in [5.74, 6) is 0.369. The Kier molecular flexibility index (Phi) is 6.19. The Morgan fingerprint density at radius 2 is 1.86 bits per heavy atom. The zero-order valence-corrected chi connectivity index (χ0v) is 16.5. The van der Waals surface area contributed by atoms with Crippen LogP contribution >= 0.6 is 0 Å². The second-order valence-corrected chi connectivity index (χ2v) is 7.77. The molecule has 0 aliphatic carbocycles. The van der Waals surface area contributed by atoms with E-state index < -0.39 is 0 Å². The minimum absolute atomic E-state index is 0.0240. The maximum absolute atomic E-state index is 12.5. The summed E-state index contributed by atoms with van der Waals surface area (Å²) in [6.07, 6.45) is 8.55. The molecule has 2 saturated heterocycles. The predicted octanol–water partition coefficient (Wildman–Crippen LogP) is 1.91. The van der Waals surface area contributed by atoms with E-state index in [1.54, 1.807) is 29.4 Å². The molecule has 2 aromatic rings. The van der Waals surface area contributed by atoms with Gasteiger partial charge < -0.3 is 15.0 Å². The van der Waals surface area contributed by atoms with Crippen LogP contribution in [0.3, 0.4) is 0 Å². The monoisotopic (exact) mass is 397 g/mol. The lowest BCUT2D eigenvalue weighted by molar-refractivity contribution is 0.0770.